The molecule has 0 unspecified atom stereocenters. The first-order valence-corrected chi connectivity index (χ1v) is 3.48. The van der Waals surface area contributed by atoms with Crippen LogP contribution in [0, 0.1) is 0 Å². The number of aromatic nitrogens is 1. The van der Waals surface area contributed by atoms with Crippen LogP contribution in [0.3, 0.4) is 0 Å². The largest absolute Gasteiger partial charge is 0.463 e. The molecule has 1 aromatic heterocycles. The van der Waals surface area contributed by atoms with E-state index in [1.54, 1.807) is 12.4 Å². The van der Waals surface area contributed by atoms with Gasteiger partial charge in [0.05, 0.1) is 0 Å². The summed E-state index contributed by atoms with van der Waals surface area (Å²) in [6.07, 6.45) is 3.39. The van der Waals surface area contributed by atoms with E-state index < -0.39 is 0 Å². The molecule has 0 amide bonds. The number of hydrogen-bond acceptors (Lipinski definition) is 2. The Morgan fingerprint density at radius 1 is 1.67 bits per heavy atom. The standard InChI is InChI=1S/C6H6NOS/c8-9-5-6-2-1-3-7-4-6/h1-4H,5H2/q+1. The van der Waals surface area contributed by atoms with E-state index in [9.17, 15) is 4.21 Å². The molecule has 1 aromatic rings. The molecule has 1 rings (SSSR count). The van der Waals surface area contributed by atoms with Crippen LogP contribution in [-0.4, -0.2) is 4.98 Å². The van der Waals surface area contributed by atoms with E-state index in [1.807, 2.05) is 12.1 Å². The van der Waals surface area contributed by atoms with Gasteiger partial charge in [0, 0.05) is 22.2 Å². The van der Waals surface area contributed by atoms with Crippen LogP contribution in [0.2, 0.25) is 0 Å². The van der Waals surface area contributed by atoms with E-state index >= 15 is 0 Å². The summed E-state index contributed by atoms with van der Waals surface area (Å²) in [4.78, 5) is 3.85. The highest BCUT2D eigenvalue weighted by molar-refractivity contribution is 7.64. The third-order valence-corrected chi connectivity index (χ3v) is 1.40. The lowest BCUT2D eigenvalue weighted by atomic mass is 10.3. The van der Waals surface area contributed by atoms with E-state index in [0.717, 1.165) is 5.56 Å². The molecule has 1 heterocycles. The highest BCUT2D eigenvalue weighted by atomic mass is 32.1. The van der Waals surface area contributed by atoms with Crippen LogP contribution in [0.1, 0.15) is 5.56 Å². The minimum absolute atomic E-state index is 0.508. The molecule has 2 nitrogen and oxygen atoms in total. The Kier molecular flexibility index (Phi) is 2.27. The van der Waals surface area contributed by atoms with Crippen LogP contribution in [0.4, 0.5) is 0 Å². The van der Waals surface area contributed by atoms with Crippen molar-refractivity contribution in [3.05, 3.63) is 30.1 Å². The third-order valence-electron chi connectivity index (χ3n) is 0.948. The van der Waals surface area contributed by atoms with Crippen molar-refractivity contribution in [2.24, 2.45) is 0 Å². The van der Waals surface area contributed by atoms with Gasteiger partial charge in [0.15, 0.2) is 0 Å². The quantitative estimate of drug-likeness (QED) is 0.574. The maximum atomic E-state index is 9.99. The number of nitrogens with zero attached hydrogens (tertiary/aromatic N) is 1. The lowest BCUT2D eigenvalue weighted by Gasteiger charge is -1.82. The zero-order chi connectivity index (χ0) is 6.53. The third kappa shape index (κ3) is 1.85. The predicted molar refractivity (Wildman–Crippen MR) is 36.0 cm³/mol. The Balaban J connectivity index is 2.72. The first-order valence-electron chi connectivity index (χ1n) is 2.57. The molecule has 3 heteroatoms. The summed E-state index contributed by atoms with van der Waals surface area (Å²) in [5, 5.41) is 0. The fourth-order valence-electron chi connectivity index (χ4n) is 0.552. The van der Waals surface area contributed by atoms with Crippen molar-refractivity contribution in [3.8, 4) is 0 Å². The van der Waals surface area contributed by atoms with Crippen molar-refractivity contribution in [2.45, 2.75) is 5.75 Å². The Morgan fingerprint density at radius 2 is 2.56 bits per heavy atom. The highest BCUT2D eigenvalue weighted by Crippen LogP contribution is 1.94. The second-order valence-electron chi connectivity index (χ2n) is 1.62. The van der Waals surface area contributed by atoms with Crippen LogP contribution in [-0.2, 0) is 21.6 Å². The average Bonchev–Trinajstić information content (AvgIpc) is 1.91. The minimum atomic E-state index is 0.508. The van der Waals surface area contributed by atoms with E-state index in [2.05, 4.69) is 4.98 Å². The highest BCUT2D eigenvalue weighted by Gasteiger charge is 1.98. The Hall–Kier alpha value is -0.830. The normalized spacial score (nSPS) is 8.89. The maximum Gasteiger partial charge on any atom is 0.463 e. The van der Waals surface area contributed by atoms with Crippen LogP contribution in [0.25, 0.3) is 0 Å². The Bertz CT molecular complexity index is 188. The molecule has 0 spiro atoms. The van der Waals surface area contributed by atoms with Gasteiger partial charge < -0.3 is 0 Å². The average molecular weight is 140 g/mol. The van der Waals surface area contributed by atoms with Crippen LogP contribution >= 0.6 is 0 Å². The van der Waals surface area contributed by atoms with Crippen LogP contribution < -0.4 is 0 Å². The summed E-state index contributed by atoms with van der Waals surface area (Å²) >= 11 is 0.565. The first kappa shape index (κ1) is 6.29. The second-order valence-corrected chi connectivity index (χ2v) is 2.15. The van der Waals surface area contributed by atoms with Gasteiger partial charge in [-0.15, -0.1) is 0 Å². The van der Waals surface area contributed by atoms with Crippen molar-refractivity contribution < 1.29 is 4.21 Å². The lowest BCUT2D eigenvalue weighted by molar-refractivity contribution is 0.604. The molecular weight excluding hydrogens is 134 g/mol. The van der Waals surface area contributed by atoms with Crippen molar-refractivity contribution in [1.29, 1.82) is 0 Å². The van der Waals surface area contributed by atoms with Crippen molar-refractivity contribution in [1.82, 2.24) is 4.98 Å². The predicted octanol–water partition coefficient (Wildman–Crippen LogP) is 1.01. The van der Waals surface area contributed by atoms with Crippen LogP contribution in [0.5, 0.6) is 0 Å². The van der Waals surface area contributed by atoms with E-state index in [-0.39, 0.29) is 0 Å². The van der Waals surface area contributed by atoms with Gasteiger partial charge in [0.2, 0.25) is 0 Å². The van der Waals surface area contributed by atoms with Gasteiger partial charge in [-0.05, 0) is 6.07 Å². The SMILES string of the molecule is O=[S+]Cc1cccnc1. The van der Waals surface area contributed by atoms with E-state index in [1.165, 1.54) is 0 Å². The van der Waals surface area contributed by atoms with Gasteiger partial charge >= 0.3 is 11.7 Å². The summed E-state index contributed by atoms with van der Waals surface area (Å²) in [5.41, 5.74) is 0.984. The fraction of sp³-hybridized carbons (Fsp3) is 0.167. The molecule has 0 atom stereocenters. The molecule has 0 aliphatic carbocycles. The molecule has 9 heavy (non-hydrogen) atoms. The van der Waals surface area contributed by atoms with Crippen molar-refractivity contribution in [2.75, 3.05) is 0 Å². The molecule has 0 aromatic carbocycles. The maximum absolute atomic E-state index is 9.99. The molecule has 0 radical (unpaired) electrons. The summed E-state index contributed by atoms with van der Waals surface area (Å²) in [7, 11) is 0. The second kappa shape index (κ2) is 3.25. The van der Waals surface area contributed by atoms with Crippen molar-refractivity contribution >= 4 is 11.7 Å². The molecule has 0 aliphatic rings. The number of rotatable bonds is 2. The Morgan fingerprint density at radius 3 is 3.11 bits per heavy atom. The molecule has 0 bridgehead atoms. The monoisotopic (exact) mass is 140 g/mol. The van der Waals surface area contributed by atoms with Crippen molar-refractivity contribution in [3.63, 3.8) is 0 Å². The zero-order valence-corrected chi connectivity index (χ0v) is 5.60. The Labute approximate surface area is 57.4 Å². The van der Waals surface area contributed by atoms with Gasteiger partial charge in [0.25, 0.3) is 5.75 Å². The molecule has 0 fully saturated rings. The first-order chi connectivity index (χ1) is 4.43. The minimum Gasteiger partial charge on any atom is -0.264 e. The van der Waals surface area contributed by atoms with E-state index in [0.29, 0.717) is 17.4 Å². The number of hydrogen-bond donors (Lipinski definition) is 0. The van der Waals surface area contributed by atoms with Gasteiger partial charge in [-0.2, -0.15) is 0 Å². The van der Waals surface area contributed by atoms with Gasteiger partial charge in [0.1, 0.15) is 0 Å². The summed E-state index contributed by atoms with van der Waals surface area (Å²) in [5.74, 6) is 0.508. The van der Waals surface area contributed by atoms with Gasteiger partial charge in [-0.3, -0.25) is 4.98 Å². The van der Waals surface area contributed by atoms with E-state index in [4.69, 9.17) is 0 Å². The summed E-state index contributed by atoms with van der Waals surface area (Å²) in [6.45, 7) is 0. The zero-order valence-electron chi connectivity index (χ0n) is 4.78. The van der Waals surface area contributed by atoms with Crippen LogP contribution in [0.15, 0.2) is 24.5 Å². The molecule has 0 N–H and O–H groups in total. The molecule has 0 aliphatic heterocycles. The smallest absolute Gasteiger partial charge is 0.264 e. The topological polar surface area (TPSA) is 30.0 Å². The number of pyridine rings is 1. The molecule has 46 valence electrons. The van der Waals surface area contributed by atoms with Gasteiger partial charge in [-0.1, -0.05) is 6.07 Å². The fourth-order valence-corrected chi connectivity index (χ4v) is 0.858. The lowest BCUT2D eigenvalue weighted by Crippen LogP contribution is -1.81. The summed E-state index contributed by atoms with van der Waals surface area (Å²) < 4.78 is 9.99. The molecular formula is C6H6NOS+. The molecule has 0 saturated carbocycles. The molecule has 0 saturated heterocycles. The summed E-state index contributed by atoms with van der Waals surface area (Å²) in [6, 6.07) is 3.71. The van der Waals surface area contributed by atoms with Gasteiger partial charge in [-0.25, -0.2) is 0 Å².